The number of halogens is 1. The first kappa shape index (κ1) is 18.5. The Kier molecular flexibility index (Phi) is 5.47. The number of fused-ring (bicyclic) bond motifs is 1. The van der Waals surface area contributed by atoms with Gasteiger partial charge in [-0.1, -0.05) is 41.9 Å². The van der Waals surface area contributed by atoms with Gasteiger partial charge in [-0.15, -0.1) is 0 Å². The molecule has 0 aliphatic rings. The highest BCUT2D eigenvalue weighted by atomic mass is 35.5. The predicted octanol–water partition coefficient (Wildman–Crippen LogP) is 3.82. The van der Waals surface area contributed by atoms with E-state index >= 15 is 0 Å². The van der Waals surface area contributed by atoms with Gasteiger partial charge in [0.15, 0.2) is 17.6 Å². The third kappa shape index (κ3) is 4.48. The smallest absolute Gasteiger partial charge is 0.280 e. The maximum absolute atomic E-state index is 12.1. The second-order valence-electron chi connectivity index (χ2n) is 5.87. The molecule has 27 heavy (non-hydrogen) atoms. The highest BCUT2D eigenvalue weighted by Crippen LogP contribution is 2.33. The van der Waals surface area contributed by atoms with E-state index in [0.29, 0.717) is 11.3 Å². The maximum atomic E-state index is 12.1. The SMILES string of the molecule is C[C@H](Oc1ccc2ccccc2c1)C(=O)N/N=C/c1cc(O)c(O)c(Cl)c1. The fraction of sp³-hybridized carbons (Fsp3) is 0.100. The highest BCUT2D eigenvalue weighted by Gasteiger charge is 2.14. The molecule has 3 aromatic rings. The lowest BCUT2D eigenvalue weighted by Gasteiger charge is -2.13. The van der Waals surface area contributed by atoms with Gasteiger partial charge >= 0.3 is 0 Å². The Balaban J connectivity index is 1.61. The summed E-state index contributed by atoms with van der Waals surface area (Å²) in [6.45, 7) is 1.61. The molecule has 1 amide bonds. The number of nitrogens with zero attached hydrogens (tertiary/aromatic N) is 1. The molecule has 0 radical (unpaired) electrons. The summed E-state index contributed by atoms with van der Waals surface area (Å²) in [5, 5.41) is 24.8. The zero-order valence-electron chi connectivity index (χ0n) is 14.4. The fourth-order valence-corrected chi connectivity index (χ4v) is 2.66. The van der Waals surface area contributed by atoms with Crippen LogP contribution < -0.4 is 10.2 Å². The van der Waals surface area contributed by atoms with Gasteiger partial charge in [0, 0.05) is 0 Å². The molecule has 3 aromatic carbocycles. The van der Waals surface area contributed by atoms with Crippen molar-refractivity contribution >= 4 is 34.5 Å². The van der Waals surface area contributed by atoms with E-state index < -0.39 is 17.8 Å². The summed E-state index contributed by atoms with van der Waals surface area (Å²) < 4.78 is 5.66. The van der Waals surface area contributed by atoms with Crippen LogP contribution in [-0.4, -0.2) is 28.4 Å². The number of hydrazone groups is 1. The van der Waals surface area contributed by atoms with E-state index in [2.05, 4.69) is 10.5 Å². The van der Waals surface area contributed by atoms with Gasteiger partial charge < -0.3 is 14.9 Å². The first-order valence-corrected chi connectivity index (χ1v) is 8.51. The number of hydrogen-bond acceptors (Lipinski definition) is 5. The van der Waals surface area contributed by atoms with Crippen LogP contribution in [0.15, 0.2) is 59.7 Å². The van der Waals surface area contributed by atoms with Crippen molar-refractivity contribution in [2.75, 3.05) is 0 Å². The molecule has 0 aromatic heterocycles. The van der Waals surface area contributed by atoms with Crippen molar-refractivity contribution < 1.29 is 19.7 Å². The Bertz CT molecular complexity index is 997. The highest BCUT2D eigenvalue weighted by molar-refractivity contribution is 6.32. The third-order valence-electron chi connectivity index (χ3n) is 3.86. The van der Waals surface area contributed by atoms with Crippen LogP contribution in [0.1, 0.15) is 12.5 Å². The largest absolute Gasteiger partial charge is 0.504 e. The van der Waals surface area contributed by atoms with Crippen molar-refractivity contribution in [2.24, 2.45) is 5.10 Å². The number of ether oxygens (including phenoxy) is 1. The molecular weight excluding hydrogens is 368 g/mol. The molecule has 0 saturated carbocycles. The predicted molar refractivity (Wildman–Crippen MR) is 105 cm³/mol. The number of amides is 1. The van der Waals surface area contributed by atoms with Crippen molar-refractivity contribution in [3.8, 4) is 17.2 Å². The lowest BCUT2D eigenvalue weighted by atomic mass is 10.1. The van der Waals surface area contributed by atoms with Gasteiger partial charge in [0.05, 0.1) is 11.2 Å². The molecule has 1 atom stereocenters. The van der Waals surface area contributed by atoms with Gasteiger partial charge in [-0.25, -0.2) is 5.43 Å². The van der Waals surface area contributed by atoms with Crippen LogP contribution in [0.4, 0.5) is 0 Å². The second kappa shape index (κ2) is 7.97. The summed E-state index contributed by atoms with van der Waals surface area (Å²) in [5.74, 6) is -0.636. The van der Waals surface area contributed by atoms with Gasteiger partial charge in [-0.2, -0.15) is 5.10 Å². The summed E-state index contributed by atoms with van der Waals surface area (Å²) in [7, 11) is 0. The number of benzene rings is 3. The molecule has 138 valence electrons. The lowest BCUT2D eigenvalue weighted by molar-refractivity contribution is -0.127. The Morgan fingerprint density at radius 1 is 1.15 bits per heavy atom. The van der Waals surface area contributed by atoms with E-state index in [0.717, 1.165) is 10.8 Å². The number of phenolic OH excluding ortho intramolecular Hbond substituents is 2. The van der Waals surface area contributed by atoms with Gasteiger partial charge in [0.2, 0.25) is 0 Å². The quantitative estimate of drug-likeness (QED) is 0.354. The van der Waals surface area contributed by atoms with E-state index in [1.165, 1.54) is 18.3 Å². The molecule has 0 bridgehead atoms. The van der Waals surface area contributed by atoms with Gasteiger partial charge in [0.25, 0.3) is 5.91 Å². The molecule has 0 unspecified atom stereocenters. The molecule has 3 rings (SSSR count). The Morgan fingerprint density at radius 2 is 1.89 bits per heavy atom. The van der Waals surface area contributed by atoms with Gasteiger partial charge in [0.1, 0.15) is 5.75 Å². The summed E-state index contributed by atoms with van der Waals surface area (Å²) in [5.41, 5.74) is 2.78. The average molecular weight is 385 g/mol. The number of carbonyl (C=O) groups excluding carboxylic acids is 1. The number of nitrogens with one attached hydrogen (secondary N) is 1. The minimum absolute atomic E-state index is 0.0178. The second-order valence-corrected chi connectivity index (χ2v) is 6.28. The van der Waals surface area contributed by atoms with Gasteiger partial charge in [-0.3, -0.25) is 4.79 Å². The Morgan fingerprint density at radius 3 is 2.63 bits per heavy atom. The molecule has 0 spiro atoms. The van der Waals surface area contributed by atoms with Crippen LogP contribution in [0.2, 0.25) is 5.02 Å². The molecule has 7 heteroatoms. The van der Waals surface area contributed by atoms with Crippen LogP contribution in [0.3, 0.4) is 0 Å². The molecule has 6 nitrogen and oxygen atoms in total. The standard InChI is InChI=1S/C20H17ClN2O4/c1-12(27-16-7-6-14-4-2-3-5-15(14)10-16)20(26)23-22-11-13-8-17(21)19(25)18(24)9-13/h2-12,24-25H,1H3,(H,23,26)/b22-11+/t12-/m0/s1. The van der Waals surface area contributed by atoms with Crippen LogP contribution >= 0.6 is 11.6 Å². The molecule has 3 N–H and O–H groups in total. The number of aromatic hydroxyl groups is 2. The molecular formula is C20H17ClN2O4. The number of rotatable bonds is 5. The number of carbonyl (C=O) groups is 1. The lowest BCUT2D eigenvalue weighted by Crippen LogP contribution is -2.33. The number of phenols is 2. The minimum atomic E-state index is -0.764. The average Bonchev–Trinajstić information content (AvgIpc) is 2.65. The van der Waals surface area contributed by atoms with Crippen molar-refractivity contribution in [3.63, 3.8) is 0 Å². The summed E-state index contributed by atoms with van der Waals surface area (Å²) in [6, 6.07) is 16.1. The fourth-order valence-electron chi connectivity index (χ4n) is 2.44. The Hall–Kier alpha value is -3.25. The normalized spacial score (nSPS) is 12.2. The van der Waals surface area contributed by atoms with Crippen molar-refractivity contribution in [1.29, 1.82) is 0 Å². The zero-order chi connectivity index (χ0) is 19.4. The first-order valence-electron chi connectivity index (χ1n) is 8.14. The van der Waals surface area contributed by atoms with E-state index in [1.807, 2.05) is 36.4 Å². The number of hydrogen-bond donors (Lipinski definition) is 3. The zero-order valence-corrected chi connectivity index (χ0v) is 15.1. The van der Waals surface area contributed by atoms with E-state index in [1.54, 1.807) is 13.0 Å². The molecule has 0 fully saturated rings. The minimum Gasteiger partial charge on any atom is -0.504 e. The topological polar surface area (TPSA) is 91.2 Å². The van der Waals surface area contributed by atoms with Gasteiger partial charge in [-0.05, 0) is 47.5 Å². The van der Waals surface area contributed by atoms with E-state index in [4.69, 9.17) is 16.3 Å². The molecule has 0 saturated heterocycles. The molecule has 0 heterocycles. The monoisotopic (exact) mass is 384 g/mol. The van der Waals surface area contributed by atoms with Crippen LogP contribution in [0.5, 0.6) is 17.2 Å². The van der Waals surface area contributed by atoms with Crippen LogP contribution in [0.25, 0.3) is 10.8 Å². The molecule has 0 aliphatic carbocycles. The van der Waals surface area contributed by atoms with Crippen LogP contribution in [-0.2, 0) is 4.79 Å². The Labute approximate surface area is 160 Å². The first-order chi connectivity index (χ1) is 12.9. The van der Waals surface area contributed by atoms with Crippen LogP contribution in [0, 0.1) is 0 Å². The maximum Gasteiger partial charge on any atom is 0.280 e. The summed E-state index contributed by atoms with van der Waals surface area (Å²) >= 11 is 5.76. The van der Waals surface area contributed by atoms with E-state index in [9.17, 15) is 15.0 Å². The van der Waals surface area contributed by atoms with Crippen molar-refractivity contribution in [3.05, 3.63) is 65.2 Å². The summed E-state index contributed by atoms with van der Waals surface area (Å²) in [4.78, 5) is 12.1. The van der Waals surface area contributed by atoms with Crippen molar-refractivity contribution in [2.45, 2.75) is 13.0 Å². The third-order valence-corrected chi connectivity index (χ3v) is 4.15. The van der Waals surface area contributed by atoms with Crippen molar-refractivity contribution in [1.82, 2.24) is 5.43 Å². The molecule has 0 aliphatic heterocycles. The van der Waals surface area contributed by atoms with E-state index in [-0.39, 0.29) is 10.8 Å². The summed E-state index contributed by atoms with van der Waals surface area (Å²) in [6.07, 6.45) is 0.534.